The van der Waals surface area contributed by atoms with E-state index in [1.165, 1.54) is 0 Å². The van der Waals surface area contributed by atoms with Crippen molar-refractivity contribution in [2.45, 2.75) is 0 Å². The Morgan fingerprint density at radius 2 is 1.66 bits per heavy atom. The van der Waals surface area contributed by atoms with Crippen molar-refractivity contribution in [1.82, 2.24) is 19.4 Å². The number of ether oxygens (including phenoxy) is 1. The molecule has 1 aliphatic heterocycles. The number of amides is 3. The molecule has 2 aromatic rings. The molecule has 0 atom stereocenters. The minimum atomic E-state index is -0.337. The summed E-state index contributed by atoms with van der Waals surface area (Å²) in [4.78, 5) is 37.8. The third-order valence-electron chi connectivity index (χ3n) is 4.78. The van der Waals surface area contributed by atoms with Crippen molar-refractivity contribution in [3.05, 3.63) is 35.9 Å². The first-order valence-corrected chi connectivity index (χ1v) is 9.40. The molecule has 0 bridgehead atoms. The number of nitrogens with one attached hydrogen (secondary N) is 3. The van der Waals surface area contributed by atoms with E-state index in [0.29, 0.717) is 35.7 Å². The first-order valence-electron chi connectivity index (χ1n) is 9.40. The topological polar surface area (TPSA) is 110 Å². The summed E-state index contributed by atoms with van der Waals surface area (Å²) in [6.07, 6.45) is 3.88. The van der Waals surface area contributed by atoms with E-state index in [-0.39, 0.29) is 11.8 Å². The van der Waals surface area contributed by atoms with E-state index < -0.39 is 0 Å². The number of nitrogens with zero attached hydrogens (tertiary/aromatic N) is 3. The molecule has 29 heavy (non-hydrogen) atoms. The summed E-state index contributed by atoms with van der Waals surface area (Å²) >= 11 is 0. The maximum atomic E-state index is 12.5. The number of morpholine rings is 1. The van der Waals surface area contributed by atoms with Crippen LogP contribution in [0.25, 0.3) is 0 Å². The van der Waals surface area contributed by atoms with Gasteiger partial charge in [0.2, 0.25) is 6.41 Å². The molecule has 0 saturated carbocycles. The minimum absolute atomic E-state index is 0.197. The standard InChI is InChI=1S/C19H26N6O4/c1-23-11-14(21-13-26)9-17(23)19(28)22-15-10-16(24(2)12-15)18(27)20-3-4-25-5-7-29-8-6-25/h9-13H,3-8H2,1-2H3,(H,20,27)(H,21,26)(H,22,28). The van der Waals surface area contributed by atoms with E-state index in [0.717, 1.165) is 32.8 Å². The second kappa shape index (κ2) is 9.39. The quantitative estimate of drug-likeness (QED) is 0.548. The Kier molecular flexibility index (Phi) is 6.68. The summed E-state index contributed by atoms with van der Waals surface area (Å²) in [5, 5.41) is 8.20. The van der Waals surface area contributed by atoms with Gasteiger partial charge in [-0.2, -0.15) is 0 Å². The monoisotopic (exact) mass is 402 g/mol. The molecular formula is C19H26N6O4. The Hall–Kier alpha value is -3.11. The van der Waals surface area contributed by atoms with Gasteiger partial charge < -0.3 is 29.8 Å². The Bertz CT molecular complexity index is 881. The normalized spacial score (nSPS) is 14.4. The molecule has 156 valence electrons. The third kappa shape index (κ3) is 5.24. The van der Waals surface area contributed by atoms with Crippen molar-refractivity contribution >= 4 is 29.6 Å². The molecule has 0 aliphatic carbocycles. The van der Waals surface area contributed by atoms with E-state index in [4.69, 9.17) is 4.74 Å². The van der Waals surface area contributed by atoms with E-state index in [9.17, 15) is 14.4 Å². The molecule has 1 fully saturated rings. The van der Waals surface area contributed by atoms with E-state index in [1.54, 1.807) is 47.8 Å². The molecule has 0 unspecified atom stereocenters. The molecule has 1 saturated heterocycles. The second-order valence-corrected chi connectivity index (χ2v) is 6.88. The number of carbonyl (C=O) groups is 3. The zero-order valence-electron chi connectivity index (χ0n) is 16.6. The predicted molar refractivity (Wildman–Crippen MR) is 108 cm³/mol. The summed E-state index contributed by atoms with van der Waals surface area (Å²) in [6, 6.07) is 3.21. The van der Waals surface area contributed by atoms with Gasteiger partial charge in [0, 0.05) is 52.7 Å². The fourth-order valence-electron chi connectivity index (χ4n) is 3.23. The molecule has 3 N–H and O–H groups in total. The molecule has 0 aromatic carbocycles. The van der Waals surface area contributed by atoms with Gasteiger partial charge >= 0.3 is 0 Å². The fraction of sp³-hybridized carbons (Fsp3) is 0.421. The van der Waals surface area contributed by atoms with Gasteiger partial charge in [-0.3, -0.25) is 19.3 Å². The van der Waals surface area contributed by atoms with E-state index >= 15 is 0 Å². The van der Waals surface area contributed by atoms with Crippen molar-refractivity contribution in [2.24, 2.45) is 14.1 Å². The third-order valence-corrected chi connectivity index (χ3v) is 4.78. The van der Waals surface area contributed by atoms with Crippen LogP contribution in [-0.4, -0.2) is 71.7 Å². The molecule has 3 amide bonds. The van der Waals surface area contributed by atoms with Crippen molar-refractivity contribution in [3.63, 3.8) is 0 Å². The Labute approximate surface area is 168 Å². The molecule has 0 spiro atoms. The first-order chi connectivity index (χ1) is 14.0. The van der Waals surface area contributed by atoms with Crippen LogP contribution in [0.3, 0.4) is 0 Å². The SMILES string of the molecule is Cn1cc(NC(=O)c2cc(NC=O)cn2C)cc1C(=O)NCCN1CCOCC1. The largest absolute Gasteiger partial charge is 0.379 e. The van der Waals surface area contributed by atoms with Crippen LogP contribution in [0, 0.1) is 0 Å². The van der Waals surface area contributed by atoms with Crippen molar-refractivity contribution in [1.29, 1.82) is 0 Å². The summed E-state index contributed by atoms with van der Waals surface area (Å²) in [5.74, 6) is -0.533. The highest BCUT2D eigenvalue weighted by molar-refractivity contribution is 6.05. The molecule has 1 aliphatic rings. The lowest BCUT2D eigenvalue weighted by atomic mass is 10.3. The zero-order chi connectivity index (χ0) is 20.8. The number of aryl methyl sites for hydroxylation is 2. The van der Waals surface area contributed by atoms with Crippen molar-refractivity contribution < 1.29 is 19.1 Å². The van der Waals surface area contributed by atoms with Crippen LogP contribution >= 0.6 is 0 Å². The second-order valence-electron chi connectivity index (χ2n) is 6.88. The van der Waals surface area contributed by atoms with Crippen molar-refractivity contribution in [3.8, 4) is 0 Å². The average Bonchev–Trinajstić information content (AvgIpc) is 3.25. The molecule has 0 radical (unpaired) electrons. The highest BCUT2D eigenvalue weighted by atomic mass is 16.5. The smallest absolute Gasteiger partial charge is 0.272 e. The first kappa shape index (κ1) is 20.6. The lowest BCUT2D eigenvalue weighted by Crippen LogP contribution is -2.41. The highest BCUT2D eigenvalue weighted by Crippen LogP contribution is 2.17. The number of aromatic nitrogens is 2. The van der Waals surface area contributed by atoms with E-state index in [2.05, 4.69) is 20.9 Å². The average molecular weight is 402 g/mol. The van der Waals surface area contributed by atoms with Crippen LogP contribution in [0.2, 0.25) is 0 Å². The molecule has 10 nitrogen and oxygen atoms in total. The van der Waals surface area contributed by atoms with Gasteiger partial charge in [0.1, 0.15) is 11.4 Å². The molecule has 3 rings (SSSR count). The molecule has 2 aromatic heterocycles. The summed E-state index contributed by atoms with van der Waals surface area (Å²) in [6.45, 7) is 4.51. The Morgan fingerprint density at radius 3 is 2.34 bits per heavy atom. The van der Waals surface area contributed by atoms with E-state index in [1.807, 2.05) is 0 Å². The molecule has 10 heteroatoms. The van der Waals surface area contributed by atoms with Crippen LogP contribution < -0.4 is 16.0 Å². The lowest BCUT2D eigenvalue weighted by Gasteiger charge is -2.26. The zero-order valence-corrected chi connectivity index (χ0v) is 16.6. The Morgan fingerprint density at radius 1 is 1.03 bits per heavy atom. The van der Waals surface area contributed by atoms with Gasteiger partial charge in [0.05, 0.1) is 24.6 Å². The Balaban J connectivity index is 1.56. The number of rotatable bonds is 8. The van der Waals surface area contributed by atoms with Crippen LogP contribution in [0.15, 0.2) is 24.5 Å². The fourth-order valence-corrected chi connectivity index (χ4v) is 3.23. The molecule has 3 heterocycles. The van der Waals surface area contributed by atoms with Crippen LogP contribution in [-0.2, 0) is 23.6 Å². The number of anilines is 2. The summed E-state index contributed by atoms with van der Waals surface area (Å²) in [5.41, 5.74) is 1.88. The summed E-state index contributed by atoms with van der Waals surface area (Å²) < 4.78 is 8.60. The van der Waals surface area contributed by atoms with Gasteiger partial charge in [-0.1, -0.05) is 0 Å². The van der Waals surface area contributed by atoms with Gasteiger partial charge in [0.25, 0.3) is 11.8 Å². The number of hydrogen-bond acceptors (Lipinski definition) is 5. The van der Waals surface area contributed by atoms with Gasteiger partial charge in [-0.15, -0.1) is 0 Å². The van der Waals surface area contributed by atoms with Crippen LogP contribution in [0.4, 0.5) is 11.4 Å². The summed E-state index contributed by atoms with van der Waals surface area (Å²) in [7, 11) is 3.46. The maximum Gasteiger partial charge on any atom is 0.272 e. The van der Waals surface area contributed by atoms with Gasteiger partial charge in [-0.25, -0.2) is 0 Å². The molecular weight excluding hydrogens is 376 g/mol. The number of hydrogen-bond donors (Lipinski definition) is 3. The number of carbonyl (C=O) groups excluding carboxylic acids is 3. The van der Waals surface area contributed by atoms with Gasteiger partial charge in [-0.05, 0) is 12.1 Å². The maximum absolute atomic E-state index is 12.5. The lowest BCUT2D eigenvalue weighted by molar-refractivity contribution is -0.105. The van der Waals surface area contributed by atoms with Crippen LogP contribution in [0.1, 0.15) is 21.0 Å². The predicted octanol–water partition coefficient (Wildman–Crippen LogP) is 0.246. The highest BCUT2D eigenvalue weighted by Gasteiger charge is 2.17. The van der Waals surface area contributed by atoms with Gasteiger partial charge in [0.15, 0.2) is 0 Å². The minimum Gasteiger partial charge on any atom is -0.379 e. The van der Waals surface area contributed by atoms with Crippen molar-refractivity contribution in [2.75, 3.05) is 50.0 Å². The van der Waals surface area contributed by atoms with Crippen LogP contribution in [0.5, 0.6) is 0 Å².